The number of nitrogens with zero attached hydrogens (tertiary/aromatic N) is 2. The lowest BCUT2D eigenvalue weighted by Gasteiger charge is -2.12. The summed E-state index contributed by atoms with van der Waals surface area (Å²) in [6.45, 7) is 1.64. The second kappa shape index (κ2) is 5.09. The molecule has 0 aliphatic rings. The fraction of sp³-hybridized carbons (Fsp3) is 0.167. The predicted molar refractivity (Wildman–Crippen MR) is 69.9 cm³/mol. The van der Waals surface area contributed by atoms with Gasteiger partial charge in [0.15, 0.2) is 5.82 Å². The third-order valence-electron chi connectivity index (χ3n) is 2.45. The van der Waals surface area contributed by atoms with Gasteiger partial charge in [-0.1, -0.05) is 29.8 Å². The third kappa shape index (κ3) is 2.90. The van der Waals surface area contributed by atoms with Crippen LogP contribution < -0.4 is 0 Å². The largest absolute Gasteiger partial charge is 0.417 e. The van der Waals surface area contributed by atoms with Gasteiger partial charge in [-0.05, 0) is 28.9 Å². The lowest BCUT2D eigenvalue weighted by atomic mass is 10.1. The molecule has 0 N–H and O–H groups in total. The Bertz CT molecular complexity index is 606. The maximum absolute atomic E-state index is 12.9. The number of hydrogen-bond acceptors (Lipinski definition) is 2. The number of benzene rings is 1. The lowest BCUT2D eigenvalue weighted by molar-refractivity contribution is -0.137. The van der Waals surface area contributed by atoms with Crippen LogP contribution in [0, 0.1) is 6.92 Å². The Balaban J connectivity index is 2.67. The number of hydrogen-bond donors (Lipinski definition) is 0. The van der Waals surface area contributed by atoms with Crippen LogP contribution in [0.2, 0.25) is 5.15 Å². The van der Waals surface area contributed by atoms with Crippen molar-refractivity contribution in [1.82, 2.24) is 9.97 Å². The molecule has 0 unspecified atom stereocenters. The molecule has 7 heteroatoms. The molecule has 1 aromatic carbocycles. The second-order valence-electron chi connectivity index (χ2n) is 3.78. The van der Waals surface area contributed by atoms with Gasteiger partial charge in [0.2, 0.25) is 0 Å². The van der Waals surface area contributed by atoms with E-state index in [-0.39, 0.29) is 16.5 Å². The summed E-state index contributed by atoms with van der Waals surface area (Å²) in [5.41, 5.74) is -0.396. The standard InChI is InChI=1S/C12H7BrClF3N2/c1-6-9(13)10(14)19-11(18-6)7-4-2-3-5-8(7)12(15,16)17/h2-5H,1H3. The molecule has 0 aliphatic heterocycles. The highest BCUT2D eigenvalue weighted by atomic mass is 79.9. The van der Waals surface area contributed by atoms with Crippen LogP contribution in [-0.2, 0) is 6.18 Å². The third-order valence-corrected chi connectivity index (χ3v) is 3.90. The zero-order valence-electron chi connectivity index (χ0n) is 9.59. The van der Waals surface area contributed by atoms with Crippen molar-refractivity contribution in [1.29, 1.82) is 0 Å². The second-order valence-corrected chi connectivity index (χ2v) is 4.93. The molecule has 19 heavy (non-hydrogen) atoms. The Morgan fingerprint density at radius 3 is 2.37 bits per heavy atom. The Labute approximate surface area is 120 Å². The number of aromatic nitrogens is 2. The summed E-state index contributed by atoms with van der Waals surface area (Å²) in [6, 6.07) is 5.13. The van der Waals surface area contributed by atoms with E-state index in [2.05, 4.69) is 25.9 Å². The molecular weight excluding hydrogens is 344 g/mol. The summed E-state index contributed by atoms with van der Waals surface area (Å²) in [5, 5.41) is 0.0828. The normalized spacial score (nSPS) is 11.7. The highest BCUT2D eigenvalue weighted by molar-refractivity contribution is 9.10. The van der Waals surface area contributed by atoms with Crippen LogP contribution in [0.25, 0.3) is 11.4 Å². The van der Waals surface area contributed by atoms with Crippen LogP contribution in [0.15, 0.2) is 28.7 Å². The molecule has 1 aromatic heterocycles. The Morgan fingerprint density at radius 1 is 1.16 bits per heavy atom. The molecule has 0 spiro atoms. The summed E-state index contributed by atoms with van der Waals surface area (Å²) >= 11 is 9.02. The predicted octanol–water partition coefficient (Wildman–Crippen LogP) is 4.89. The molecule has 0 radical (unpaired) electrons. The molecule has 0 atom stereocenters. The van der Waals surface area contributed by atoms with Crippen molar-refractivity contribution in [2.75, 3.05) is 0 Å². The van der Waals surface area contributed by atoms with Gasteiger partial charge in [0, 0.05) is 5.56 Å². The molecule has 2 aromatic rings. The first-order valence-electron chi connectivity index (χ1n) is 5.17. The zero-order chi connectivity index (χ0) is 14.2. The minimum absolute atomic E-state index is 0.0429. The van der Waals surface area contributed by atoms with Gasteiger partial charge in [0.1, 0.15) is 5.15 Å². The van der Waals surface area contributed by atoms with Gasteiger partial charge < -0.3 is 0 Å². The lowest BCUT2D eigenvalue weighted by Crippen LogP contribution is -2.08. The van der Waals surface area contributed by atoms with E-state index >= 15 is 0 Å². The van der Waals surface area contributed by atoms with Crippen LogP contribution >= 0.6 is 27.5 Å². The summed E-state index contributed by atoms with van der Waals surface area (Å²) in [6.07, 6.45) is -4.46. The smallest absolute Gasteiger partial charge is 0.232 e. The minimum atomic E-state index is -4.46. The molecule has 100 valence electrons. The fourth-order valence-electron chi connectivity index (χ4n) is 1.57. The van der Waals surface area contributed by atoms with Gasteiger partial charge in [0.05, 0.1) is 15.7 Å². The molecule has 2 rings (SSSR count). The molecule has 1 heterocycles. The molecule has 0 aliphatic carbocycles. The van der Waals surface area contributed by atoms with E-state index in [1.165, 1.54) is 18.2 Å². The quantitative estimate of drug-likeness (QED) is 0.684. The summed E-state index contributed by atoms with van der Waals surface area (Å²) in [5.74, 6) is -0.0429. The number of alkyl halides is 3. The van der Waals surface area contributed by atoms with Gasteiger partial charge in [0.25, 0.3) is 0 Å². The molecular formula is C12H7BrClF3N2. The zero-order valence-corrected chi connectivity index (χ0v) is 11.9. The van der Waals surface area contributed by atoms with Crippen LogP contribution in [0.4, 0.5) is 13.2 Å². The average molecular weight is 352 g/mol. The summed E-state index contributed by atoms with van der Waals surface area (Å²) < 4.78 is 39.2. The average Bonchev–Trinajstić information content (AvgIpc) is 2.34. The van der Waals surface area contributed by atoms with Crippen LogP contribution in [-0.4, -0.2) is 9.97 Å². The molecule has 0 amide bonds. The van der Waals surface area contributed by atoms with E-state index < -0.39 is 11.7 Å². The van der Waals surface area contributed by atoms with Gasteiger partial charge in [-0.3, -0.25) is 0 Å². The highest BCUT2D eigenvalue weighted by Gasteiger charge is 2.34. The molecule has 0 fully saturated rings. The summed E-state index contributed by atoms with van der Waals surface area (Å²) in [4.78, 5) is 7.92. The van der Waals surface area contributed by atoms with Gasteiger partial charge in [-0.25, -0.2) is 9.97 Å². The Hall–Kier alpha value is -1.14. The van der Waals surface area contributed by atoms with Crippen molar-refractivity contribution in [3.05, 3.63) is 45.1 Å². The minimum Gasteiger partial charge on any atom is -0.232 e. The first-order valence-corrected chi connectivity index (χ1v) is 6.34. The Morgan fingerprint density at radius 2 is 1.79 bits per heavy atom. The van der Waals surface area contributed by atoms with Crippen molar-refractivity contribution >= 4 is 27.5 Å². The van der Waals surface area contributed by atoms with Crippen molar-refractivity contribution in [3.63, 3.8) is 0 Å². The van der Waals surface area contributed by atoms with Crippen molar-refractivity contribution in [2.45, 2.75) is 13.1 Å². The van der Waals surface area contributed by atoms with Crippen molar-refractivity contribution in [2.24, 2.45) is 0 Å². The van der Waals surface area contributed by atoms with Crippen LogP contribution in [0.1, 0.15) is 11.3 Å². The summed E-state index contributed by atoms with van der Waals surface area (Å²) in [7, 11) is 0. The molecule has 2 nitrogen and oxygen atoms in total. The van der Waals surface area contributed by atoms with Gasteiger partial charge >= 0.3 is 6.18 Å². The monoisotopic (exact) mass is 350 g/mol. The number of aryl methyl sites for hydroxylation is 1. The molecule has 0 bridgehead atoms. The van der Waals surface area contributed by atoms with E-state index in [0.29, 0.717) is 10.2 Å². The maximum Gasteiger partial charge on any atom is 0.417 e. The Kier molecular flexibility index (Phi) is 3.82. The van der Waals surface area contributed by atoms with E-state index in [0.717, 1.165) is 6.07 Å². The number of rotatable bonds is 1. The first kappa shape index (κ1) is 14.3. The first-order chi connectivity index (χ1) is 8.80. The maximum atomic E-state index is 12.9. The SMILES string of the molecule is Cc1nc(-c2ccccc2C(F)(F)F)nc(Cl)c1Br. The van der Waals surface area contributed by atoms with Crippen LogP contribution in [0.5, 0.6) is 0 Å². The van der Waals surface area contributed by atoms with E-state index in [1.54, 1.807) is 6.92 Å². The topological polar surface area (TPSA) is 25.8 Å². The molecule has 0 saturated heterocycles. The van der Waals surface area contributed by atoms with E-state index in [4.69, 9.17) is 11.6 Å². The van der Waals surface area contributed by atoms with Crippen molar-refractivity contribution < 1.29 is 13.2 Å². The molecule has 0 saturated carbocycles. The van der Waals surface area contributed by atoms with Crippen LogP contribution in [0.3, 0.4) is 0 Å². The van der Waals surface area contributed by atoms with Gasteiger partial charge in [-0.2, -0.15) is 13.2 Å². The van der Waals surface area contributed by atoms with E-state index in [9.17, 15) is 13.2 Å². The van der Waals surface area contributed by atoms with Gasteiger partial charge in [-0.15, -0.1) is 0 Å². The van der Waals surface area contributed by atoms with E-state index in [1.807, 2.05) is 0 Å². The number of halogens is 5. The highest BCUT2D eigenvalue weighted by Crippen LogP contribution is 2.36. The van der Waals surface area contributed by atoms with Crippen molar-refractivity contribution in [3.8, 4) is 11.4 Å². The fourth-order valence-corrected chi connectivity index (χ4v) is 1.96.